The fraction of sp³-hybridized carbons (Fsp3) is 0.250. The van der Waals surface area contributed by atoms with Crippen LogP contribution in [0.25, 0.3) is 0 Å². The van der Waals surface area contributed by atoms with E-state index in [0.29, 0.717) is 36.4 Å². The summed E-state index contributed by atoms with van der Waals surface area (Å²) in [5, 5.41) is 14.1. The number of ether oxygens (including phenoxy) is 1. The molecule has 0 bridgehead atoms. The SMILES string of the molecule is NC(=O)c1ccc(C(=O)NCc2ccc(C(=O)NCCOCCO)cc2)cc1. The Balaban J connectivity index is 1.81. The van der Waals surface area contributed by atoms with Crippen LogP contribution in [-0.2, 0) is 11.3 Å². The zero-order valence-electron chi connectivity index (χ0n) is 15.3. The summed E-state index contributed by atoms with van der Waals surface area (Å²) in [5.41, 5.74) is 7.27. The molecule has 0 aliphatic heterocycles. The first-order chi connectivity index (χ1) is 13.5. The molecule has 0 heterocycles. The van der Waals surface area contributed by atoms with Gasteiger partial charge in [-0.2, -0.15) is 0 Å². The third-order valence-corrected chi connectivity index (χ3v) is 3.87. The average Bonchev–Trinajstić information content (AvgIpc) is 2.72. The summed E-state index contributed by atoms with van der Waals surface area (Å²) in [5.74, 6) is -1.05. The number of nitrogens with two attached hydrogens (primary N) is 1. The predicted molar refractivity (Wildman–Crippen MR) is 103 cm³/mol. The van der Waals surface area contributed by atoms with Gasteiger partial charge in [0, 0.05) is 29.8 Å². The second kappa shape index (κ2) is 10.8. The van der Waals surface area contributed by atoms with Crippen molar-refractivity contribution in [3.8, 4) is 0 Å². The molecule has 2 rings (SSSR count). The lowest BCUT2D eigenvalue weighted by Crippen LogP contribution is -2.27. The van der Waals surface area contributed by atoms with Gasteiger partial charge in [0.15, 0.2) is 0 Å². The molecule has 0 fully saturated rings. The van der Waals surface area contributed by atoms with E-state index >= 15 is 0 Å². The van der Waals surface area contributed by atoms with E-state index in [4.69, 9.17) is 15.6 Å². The minimum Gasteiger partial charge on any atom is -0.394 e. The molecule has 2 aromatic carbocycles. The monoisotopic (exact) mass is 385 g/mol. The van der Waals surface area contributed by atoms with Gasteiger partial charge >= 0.3 is 0 Å². The Morgan fingerprint density at radius 3 is 1.93 bits per heavy atom. The van der Waals surface area contributed by atoms with Gasteiger partial charge < -0.3 is 26.2 Å². The minimum absolute atomic E-state index is 0.0510. The molecule has 0 unspecified atom stereocenters. The van der Waals surface area contributed by atoms with Crippen LogP contribution in [0.5, 0.6) is 0 Å². The van der Waals surface area contributed by atoms with Crippen LogP contribution in [0.4, 0.5) is 0 Å². The summed E-state index contributed by atoms with van der Waals surface area (Å²) in [4.78, 5) is 35.2. The van der Waals surface area contributed by atoms with Crippen LogP contribution in [0.15, 0.2) is 48.5 Å². The van der Waals surface area contributed by atoms with Crippen molar-refractivity contribution < 1.29 is 24.2 Å². The van der Waals surface area contributed by atoms with E-state index in [2.05, 4.69) is 10.6 Å². The van der Waals surface area contributed by atoms with Crippen LogP contribution in [0.1, 0.15) is 36.6 Å². The van der Waals surface area contributed by atoms with E-state index in [1.165, 1.54) is 24.3 Å². The van der Waals surface area contributed by atoms with Crippen LogP contribution in [0.2, 0.25) is 0 Å². The number of hydrogen-bond donors (Lipinski definition) is 4. The second-order valence-corrected chi connectivity index (χ2v) is 5.91. The molecule has 0 aliphatic rings. The van der Waals surface area contributed by atoms with E-state index < -0.39 is 5.91 Å². The van der Waals surface area contributed by atoms with E-state index in [0.717, 1.165) is 5.56 Å². The lowest BCUT2D eigenvalue weighted by molar-refractivity contribution is 0.0837. The summed E-state index contributed by atoms with van der Waals surface area (Å²) in [7, 11) is 0. The Bertz CT molecular complexity index is 804. The number of hydrogen-bond acceptors (Lipinski definition) is 5. The van der Waals surface area contributed by atoms with Gasteiger partial charge in [-0.15, -0.1) is 0 Å². The number of aliphatic hydroxyl groups is 1. The molecule has 0 aromatic heterocycles. The molecule has 0 atom stereocenters. The van der Waals surface area contributed by atoms with Crippen molar-refractivity contribution in [2.45, 2.75) is 6.54 Å². The van der Waals surface area contributed by atoms with Gasteiger partial charge in [0.1, 0.15) is 0 Å². The minimum atomic E-state index is -0.547. The van der Waals surface area contributed by atoms with Gasteiger partial charge in [-0.05, 0) is 42.0 Å². The zero-order chi connectivity index (χ0) is 20.4. The normalized spacial score (nSPS) is 10.3. The molecule has 3 amide bonds. The number of rotatable bonds is 10. The maximum absolute atomic E-state index is 12.1. The number of primary amides is 1. The summed E-state index contributed by atoms with van der Waals surface area (Å²) in [6.07, 6.45) is 0. The molecule has 5 N–H and O–H groups in total. The zero-order valence-corrected chi connectivity index (χ0v) is 15.3. The lowest BCUT2D eigenvalue weighted by atomic mass is 10.1. The summed E-state index contributed by atoms with van der Waals surface area (Å²) < 4.78 is 5.07. The number of carbonyl (C=O) groups excluding carboxylic acids is 3. The van der Waals surface area contributed by atoms with Crippen LogP contribution >= 0.6 is 0 Å². The van der Waals surface area contributed by atoms with Crippen molar-refractivity contribution >= 4 is 17.7 Å². The molecule has 8 heteroatoms. The summed E-state index contributed by atoms with van der Waals surface area (Å²) in [6, 6.07) is 12.9. The van der Waals surface area contributed by atoms with E-state index in [1.54, 1.807) is 24.3 Å². The number of aliphatic hydroxyl groups excluding tert-OH is 1. The molecule has 0 spiro atoms. The molecule has 148 valence electrons. The summed E-state index contributed by atoms with van der Waals surface area (Å²) in [6.45, 7) is 1.17. The van der Waals surface area contributed by atoms with Crippen molar-refractivity contribution in [2.24, 2.45) is 5.73 Å². The fourth-order valence-electron chi connectivity index (χ4n) is 2.35. The second-order valence-electron chi connectivity index (χ2n) is 5.91. The Morgan fingerprint density at radius 1 is 0.821 bits per heavy atom. The van der Waals surface area contributed by atoms with Crippen molar-refractivity contribution in [3.05, 3.63) is 70.8 Å². The molecule has 28 heavy (non-hydrogen) atoms. The Morgan fingerprint density at radius 2 is 1.36 bits per heavy atom. The molecule has 0 radical (unpaired) electrons. The van der Waals surface area contributed by atoms with Gasteiger partial charge in [-0.25, -0.2) is 0 Å². The van der Waals surface area contributed by atoms with Gasteiger partial charge in [0.05, 0.1) is 19.8 Å². The maximum atomic E-state index is 12.1. The van der Waals surface area contributed by atoms with Gasteiger partial charge in [-0.3, -0.25) is 14.4 Å². The number of benzene rings is 2. The van der Waals surface area contributed by atoms with Gasteiger partial charge in [-0.1, -0.05) is 12.1 Å². The van der Waals surface area contributed by atoms with Crippen molar-refractivity contribution in [1.82, 2.24) is 10.6 Å². The summed E-state index contributed by atoms with van der Waals surface area (Å²) >= 11 is 0. The molecule has 0 saturated heterocycles. The Labute approximate surface area is 162 Å². The molecule has 0 aliphatic carbocycles. The first-order valence-electron chi connectivity index (χ1n) is 8.75. The lowest BCUT2D eigenvalue weighted by Gasteiger charge is -2.08. The highest BCUT2D eigenvalue weighted by atomic mass is 16.5. The topological polar surface area (TPSA) is 131 Å². The third kappa shape index (κ3) is 6.49. The molecular formula is C20H23N3O5. The first kappa shape index (κ1) is 21.1. The highest BCUT2D eigenvalue weighted by Crippen LogP contribution is 2.07. The Hall–Kier alpha value is -3.23. The van der Waals surface area contributed by atoms with Crippen LogP contribution < -0.4 is 16.4 Å². The maximum Gasteiger partial charge on any atom is 0.251 e. The number of amides is 3. The van der Waals surface area contributed by atoms with Crippen molar-refractivity contribution in [2.75, 3.05) is 26.4 Å². The van der Waals surface area contributed by atoms with E-state index in [-0.39, 0.29) is 25.0 Å². The van der Waals surface area contributed by atoms with Crippen LogP contribution in [0, 0.1) is 0 Å². The van der Waals surface area contributed by atoms with Crippen molar-refractivity contribution in [1.29, 1.82) is 0 Å². The van der Waals surface area contributed by atoms with E-state index in [1.807, 2.05) is 0 Å². The highest BCUT2D eigenvalue weighted by molar-refractivity contribution is 5.97. The molecular weight excluding hydrogens is 362 g/mol. The average molecular weight is 385 g/mol. The molecule has 2 aromatic rings. The molecule has 0 saturated carbocycles. The largest absolute Gasteiger partial charge is 0.394 e. The predicted octanol–water partition coefficient (Wildman–Crippen LogP) is 0.454. The third-order valence-electron chi connectivity index (χ3n) is 3.87. The van der Waals surface area contributed by atoms with Gasteiger partial charge in [0.25, 0.3) is 11.8 Å². The van der Waals surface area contributed by atoms with Crippen LogP contribution in [-0.4, -0.2) is 49.2 Å². The molecule has 8 nitrogen and oxygen atoms in total. The number of carbonyl (C=O) groups is 3. The number of nitrogens with one attached hydrogen (secondary N) is 2. The quantitative estimate of drug-likeness (QED) is 0.441. The van der Waals surface area contributed by atoms with Gasteiger partial charge in [0.2, 0.25) is 5.91 Å². The van der Waals surface area contributed by atoms with Crippen molar-refractivity contribution in [3.63, 3.8) is 0 Å². The highest BCUT2D eigenvalue weighted by Gasteiger charge is 2.08. The Kier molecular flexibility index (Phi) is 8.13. The first-order valence-corrected chi connectivity index (χ1v) is 8.75. The smallest absolute Gasteiger partial charge is 0.251 e. The fourth-order valence-corrected chi connectivity index (χ4v) is 2.35. The van der Waals surface area contributed by atoms with E-state index in [9.17, 15) is 14.4 Å². The van der Waals surface area contributed by atoms with Crippen LogP contribution in [0.3, 0.4) is 0 Å². The standard InChI is InChI=1S/C20H23N3O5/c21-18(25)15-5-7-17(8-6-15)20(27)23-13-14-1-3-16(4-2-14)19(26)22-9-11-28-12-10-24/h1-8,24H,9-13H2,(H2,21,25)(H,22,26)(H,23,27).